The van der Waals surface area contributed by atoms with Crippen LogP contribution in [0.1, 0.15) is 44.3 Å². The van der Waals surface area contributed by atoms with Gasteiger partial charge in [0.2, 0.25) is 11.8 Å². The number of hydrogen-bond donors (Lipinski definition) is 0. The van der Waals surface area contributed by atoms with E-state index in [1.54, 1.807) is 17.0 Å². The predicted octanol–water partition coefficient (Wildman–Crippen LogP) is 2.65. The number of halogens is 1. The average Bonchev–Trinajstić information content (AvgIpc) is 3.32. The minimum Gasteiger partial charge on any atom is -0.341 e. The fourth-order valence-corrected chi connectivity index (χ4v) is 4.22. The fourth-order valence-electron chi connectivity index (χ4n) is 4.22. The number of carbonyl (C=O) groups is 2. The summed E-state index contributed by atoms with van der Waals surface area (Å²) in [7, 11) is 0. The topological polar surface area (TPSA) is 71.3 Å². The number of rotatable bonds is 3. The average molecular weight is 413 g/mol. The van der Waals surface area contributed by atoms with Crippen molar-refractivity contribution in [2.45, 2.75) is 51.5 Å². The van der Waals surface area contributed by atoms with E-state index in [1.165, 1.54) is 12.1 Å². The van der Waals surface area contributed by atoms with Gasteiger partial charge in [-0.3, -0.25) is 9.59 Å². The lowest BCUT2D eigenvalue weighted by molar-refractivity contribution is -0.138. The Morgan fingerprint density at radius 2 is 1.67 bits per heavy atom. The molecule has 0 radical (unpaired) electrons. The van der Waals surface area contributed by atoms with Gasteiger partial charge < -0.3 is 14.4 Å². The molecule has 2 aromatic rings. The highest BCUT2D eigenvalue weighted by molar-refractivity contribution is 5.85. The van der Waals surface area contributed by atoms with E-state index in [4.69, 9.17) is 0 Å². The summed E-state index contributed by atoms with van der Waals surface area (Å²) in [6, 6.07) is 6.31. The number of nitrogens with zero attached hydrogens (tertiary/aromatic N) is 5. The number of hydrogen-bond acceptors (Lipinski definition) is 4. The summed E-state index contributed by atoms with van der Waals surface area (Å²) in [5.74, 6) is 1.39. The lowest BCUT2D eigenvalue weighted by Gasteiger charge is -2.25. The third kappa shape index (κ3) is 4.68. The number of benzene rings is 1. The van der Waals surface area contributed by atoms with Crippen LogP contribution in [-0.2, 0) is 22.6 Å². The number of likely N-dealkylation sites (tertiary alicyclic amines) is 1. The van der Waals surface area contributed by atoms with Crippen molar-refractivity contribution in [3.05, 3.63) is 35.9 Å². The summed E-state index contributed by atoms with van der Waals surface area (Å²) in [6.45, 7) is 2.92. The maximum atomic E-state index is 13.3. The van der Waals surface area contributed by atoms with Gasteiger partial charge in [0, 0.05) is 44.6 Å². The Labute approximate surface area is 175 Å². The maximum Gasteiger partial charge on any atom is 0.242 e. The molecule has 0 unspecified atom stereocenters. The molecule has 30 heavy (non-hydrogen) atoms. The molecule has 0 N–H and O–H groups in total. The summed E-state index contributed by atoms with van der Waals surface area (Å²) < 4.78 is 15.4. The van der Waals surface area contributed by atoms with E-state index in [0.29, 0.717) is 32.5 Å². The SMILES string of the molecule is O=C(CN1CCCC1=O)N1CCCCCCn2c(nnc2-c2ccc(F)cc2)CC1. The molecule has 0 atom stereocenters. The standard InChI is InChI=1S/C22H28FN5O2/c23-18-9-7-17(8-10-18)22-25-24-19-11-15-26(12-3-1-2-4-14-28(19)22)21(30)16-27-13-5-6-20(27)29/h7-10H,1-6,11-16H2. The Morgan fingerprint density at radius 3 is 2.40 bits per heavy atom. The van der Waals surface area contributed by atoms with Crippen LogP contribution in [0.15, 0.2) is 24.3 Å². The Bertz CT molecular complexity index is 895. The maximum absolute atomic E-state index is 13.3. The van der Waals surface area contributed by atoms with Gasteiger partial charge in [-0.2, -0.15) is 0 Å². The first-order valence-electron chi connectivity index (χ1n) is 10.9. The van der Waals surface area contributed by atoms with Gasteiger partial charge in [-0.15, -0.1) is 10.2 Å². The van der Waals surface area contributed by atoms with Crippen LogP contribution in [0.5, 0.6) is 0 Å². The van der Waals surface area contributed by atoms with Gasteiger partial charge in [-0.25, -0.2) is 4.39 Å². The molecular weight excluding hydrogens is 385 g/mol. The largest absolute Gasteiger partial charge is 0.341 e. The minimum absolute atomic E-state index is 0.00863. The number of fused-ring (bicyclic) bond motifs is 1. The molecule has 1 aromatic heterocycles. The highest BCUT2D eigenvalue weighted by Gasteiger charge is 2.25. The molecule has 1 fully saturated rings. The molecule has 7 nitrogen and oxygen atoms in total. The van der Waals surface area contributed by atoms with Crippen LogP contribution in [0.4, 0.5) is 4.39 Å². The monoisotopic (exact) mass is 413 g/mol. The van der Waals surface area contributed by atoms with E-state index in [1.807, 2.05) is 4.90 Å². The van der Waals surface area contributed by atoms with Gasteiger partial charge >= 0.3 is 0 Å². The van der Waals surface area contributed by atoms with Crippen molar-refractivity contribution in [3.63, 3.8) is 0 Å². The van der Waals surface area contributed by atoms with Crippen LogP contribution in [0.3, 0.4) is 0 Å². The van der Waals surface area contributed by atoms with Crippen LogP contribution in [-0.4, -0.2) is 62.6 Å². The zero-order valence-corrected chi connectivity index (χ0v) is 17.2. The summed E-state index contributed by atoms with van der Waals surface area (Å²) in [6.07, 6.45) is 6.07. The minimum atomic E-state index is -0.276. The van der Waals surface area contributed by atoms with E-state index in [9.17, 15) is 14.0 Å². The van der Waals surface area contributed by atoms with Crippen molar-refractivity contribution in [3.8, 4) is 11.4 Å². The second-order valence-electron chi connectivity index (χ2n) is 8.06. The second kappa shape index (κ2) is 9.36. The van der Waals surface area contributed by atoms with E-state index >= 15 is 0 Å². The second-order valence-corrected chi connectivity index (χ2v) is 8.06. The van der Waals surface area contributed by atoms with Gasteiger partial charge in [0.1, 0.15) is 11.6 Å². The summed E-state index contributed by atoms with van der Waals surface area (Å²) in [4.78, 5) is 28.3. The predicted molar refractivity (Wildman–Crippen MR) is 110 cm³/mol. The molecule has 4 rings (SSSR count). The smallest absolute Gasteiger partial charge is 0.242 e. The van der Waals surface area contributed by atoms with Crippen LogP contribution >= 0.6 is 0 Å². The van der Waals surface area contributed by atoms with E-state index in [2.05, 4.69) is 14.8 Å². The Hall–Kier alpha value is -2.77. The van der Waals surface area contributed by atoms with Gasteiger partial charge in [0.25, 0.3) is 0 Å². The highest BCUT2D eigenvalue weighted by atomic mass is 19.1. The van der Waals surface area contributed by atoms with E-state index in [-0.39, 0.29) is 24.2 Å². The fraction of sp³-hybridized carbons (Fsp3) is 0.545. The Kier molecular flexibility index (Phi) is 6.40. The number of aromatic nitrogens is 3. The summed E-state index contributed by atoms with van der Waals surface area (Å²) in [5.41, 5.74) is 0.838. The molecule has 3 heterocycles. The number of amides is 2. The molecule has 1 saturated heterocycles. The number of carbonyl (C=O) groups excluding carboxylic acids is 2. The molecule has 160 valence electrons. The molecular formula is C22H28FN5O2. The molecule has 2 amide bonds. The van der Waals surface area contributed by atoms with Gasteiger partial charge in [0.15, 0.2) is 5.82 Å². The summed E-state index contributed by atoms with van der Waals surface area (Å²) >= 11 is 0. The van der Waals surface area contributed by atoms with E-state index in [0.717, 1.165) is 55.9 Å². The molecule has 0 aliphatic carbocycles. The first-order valence-corrected chi connectivity index (χ1v) is 10.9. The normalized spacial score (nSPS) is 18.2. The first-order chi connectivity index (χ1) is 14.6. The Morgan fingerprint density at radius 1 is 0.900 bits per heavy atom. The first kappa shape index (κ1) is 20.5. The van der Waals surface area contributed by atoms with Crippen LogP contribution in [0.25, 0.3) is 11.4 Å². The molecule has 2 aliphatic rings. The highest BCUT2D eigenvalue weighted by Crippen LogP contribution is 2.21. The van der Waals surface area contributed by atoms with Crippen LogP contribution < -0.4 is 0 Å². The molecule has 8 heteroatoms. The van der Waals surface area contributed by atoms with Crippen molar-refractivity contribution in [1.29, 1.82) is 0 Å². The van der Waals surface area contributed by atoms with Crippen molar-refractivity contribution in [2.75, 3.05) is 26.2 Å². The Balaban J connectivity index is 1.50. The van der Waals surface area contributed by atoms with Gasteiger partial charge in [-0.05, 0) is 43.5 Å². The van der Waals surface area contributed by atoms with E-state index < -0.39 is 0 Å². The van der Waals surface area contributed by atoms with Gasteiger partial charge in [-0.1, -0.05) is 12.8 Å². The van der Waals surface area contributed by atoms with Crippen LogP contribution in [0.2, 0.25) is 0 Å². The molecule has 2 aliphatic heterocycles. The van der Waals surface area contributed by atoms with Gasteiger partial charge in [0.05, 0.1) is 6.54 Å². The molecule has 0 saturated carbocycles. The third-order valence-electron chi connectivity index (χ3n) is 5.95. The van der Waals surface area contributed by atoms with Crippen molar-refractivity contribution < 1.29 is 14.0 Å². The van der Waals surface area contributed by atoms with Crippen molar-refractivity contribution >= 4 is 11.8 Å². The summed E-state index contributed by atoms with van der Waals surface area (Å²) in [5, 5.41) is 8.75. The molecule has 0 spiro atoms. The van der Waals surface area contributed by atoms with Crippen molar-refractivity contribution in [1.82, 2.24) is 24.6 Å². The zero-order valence-electron chi connectivity index (χ0n) is 17.2. The van der Waals surface area contributed by atoms with Crippen molar-refractivity contribution in [2.24, 2.45) is 0 Å². The zero-order chi connectivity index (χ0) is 20.9. The molecule has 1 aromatic carbocycles. The van der Waals surface area contributed by atoms with Crippen LogP contribution in [0, 0.1) is 5.82 Å². The quantitative estimate of drug-likeness (QED) is 0.776. The lowest BCUT2D eigenvalue weighted by Crippen LogP contribution is -2.42. The molecule has 0 bridgehead atoms. The third-order valence-corrected chi connectivity index (χ3v) is 5.95. The lowest BCUT2D eigenvalue weighted by atomic mass is 10.1.